The Morgan fingerprint density at radius 3 is 2.29 bits per heavy atom. The van der Waals surface area contributed by atoms with Gasteiger partial charge in [-0.1, -0.05) is 18.2 Å². The van der Waals surface area contributed by atoms with E-state index in [0.717, 1.165) is 5.69 Å². The van der Waals surface area contributed by atoms with E-state index in [1.54, 1.807) is 43.3 Å². The van der Waals surface area contributed by atoms with E-state index in [4.69, 9.17) is 10.2 Å². The van der Waals surface area contributed by atoms with E-state index >= 15 is 0 Å². The van der Waals surface area contributed by atoms with Crippen molar-refractivity contribution >= 4 is 17.6 Å². The SMILES string of the molecule is CN(C)c1ccccc1C(CC(=O)O)C(=O)O. The summed E-state index contributed by atoms with van der Waals surface area (Å²) in [5.41, 5.74) is 1.24. The number of carboxylic acids is 2. The first kappa shape index (κ1) is 13.0. The molecule has 0 heterocycles. The maximum Gasteiger partial charge on any atom is 0.311 e. The number of anilines is 1. The molecule has 0 saturated carbocycles. The van der Waals surface area contributed by atoms with Gasteiger partial charge in [-0.05, 0) is 11.6 Å². The highest BCUT2D eigenvalue weighted by molar-refractivity contribution is 5.84. The van der Waals surface area contributed by atoms with Gasteiger partial charge in [0.05, 0.1) is 12.3 Å². The fraction of sp³-hybridized carbons (Fsp3) is 0.333. The number of benzene rings is 1. The fourth-order valence-electron chi connectivity index (χ4n) is 1.69. The van der Waals surface area contributed by atoms with Crippen LogP contribution in [0.4, 0.5) is 5.69 Å². The molecule has 0 radical (unpaired) electrons. The molecular weight excluding hydrogens is 222 g/mol. The Morgan fingerprint density at radius 1 is 1.24 bits per heavy atom. The van der Waals surface area contributed by atoms with Crippen LogP contribution in [0.1, 0.15) is 17.9 Å². The van der Waals surface area contributed by atoms with Crippen LogP contribution in [0.5, 0.6) is 0 Å². The summed E-state index contributed by atoms with van der Waals surface area (Å²) < 4.78 is 0. The Balaban J connectivity index is 3.18. The minimum Gasteiger partial charge on any atom is -0.481 e. The maximum atomic E-state index is 11.1. The van der Waals surface area contributed by atoms with E-state index in [-0.39, 0.29) is 0 Å². The van der Waals surface area contributed by atoms with Gasteiger partial charge in [-0.25, -0.2) is 0 Å². The molecule has 0 spiro atoms. The first-order valence-corrected chi connectivity index (χ1v) is 5.14. The van der Waals surface area contributed by atoms with Crippen LogP contribution in [0.2, 0.25) is 0 Å². The summed E-state index contributed by atoms with van der Waals surface area (Å²) in [6, 6.07) is 6.92. The van der Waals surface area contributed by atoms with Gasteiger partial charge in [-0.3, -0.25) is 9.59 Å². The highest BCUT2D eigenvalue weighted by atomic mass is 16.4. The normalized spacial score (nSPS) is 11.9. The third-order valence-corrected chi connectivity index (χ3v) is 2.47. The molecule has 0 aliphatic rings. The lowest BCUT2D eigenvalue weighted by molar-refractivity contribution is -0.145. The number of rotatable bonds is 5. The molecule has 92 valence electrons. The minimum atomic E-state index is -1.12. The predicted octanol–water partition coefficient (Wildman–Crippen LogP) is 1.40. The zero-order valence-electron chi connectivity index (χ0n) is 9.75. The summed E-state index contributed by atoms with van der Waals surface area (Å²) in [7, 11) is 3.58. The Bertz CT molecular complexity index is 428. The van der Waals surface area contributed by atoms with E-state index in [0.29, 0.717) is 5.56 Å². The Hall–Kier alpha value is -2.04. The van der Waals surface area contributed by atoms with E-state index in [1.165, 1.54) is 0 Å². The standard InChI is InChI=1S/C12H15NO4/c1-13(2)10-6-4-3-5-8(10)9(12(16)17)7-11(14)15/h3-6,9H,7H2,1-2H3,(H,14,15)(H,16,17). The highest BCUT2D eigenvalue weighted by Crippen LogP contribution is 2.29. The lowest BCUT2D eigenvalue weighted by Crippen LogP contribution is -2.20. The van der Waals surface area contributed by atoms with Gasteiger partial charge in [0, 0.05) is 19.8 Å². The molecule has 1 aromatic carbocycles. The van der Waals surface area contributed by atoms with Gasteiger partial charge in [-0.15, -0.1) is 0 Å². The molecule has 17 heavy (non-hydrogen) atoms. The number of hydrogen-bond acceptors (Lipinski definition) is 3. The van der Waals surface area contributed by atoms with Crippen LogP contribution in [0.3, 0.4) is 0 Å². The van der Waals surface area contributed by atoms with Gasteiger partial charge in [0.15, 0.2) is 0 Å². The zero-order chi connectivity index (χ0) is 13.0. The third-order valence-electron chi connectivity index (χ3n) is 2.47. The Kier molecular flexibility index (Phi) is 4.09. The van der Waals surface area contributed by atoms with Crippen LogP contribution in [0.15, 0.2) is 24.3 Å². The van der Waals surface area contributed by atoms with Crippen LogP contribution in [0.25, 0.3) is 0 Å². The second kappa shape index (κ2) is 5.34. The molecule has 0 bridgehead atoms. The number of para-hydroxylation sites is 1. The third kappa shape index (κ3) is 3.21. The average molecular weight is 237 g/mol. The number of carboxylic acid groups (broad SMARTS) is 2. The van der Waals surface area contributed by atoms with Gasteiger partial charge in [0.1, 0.15) is 0 Å². The first-order valence-electron chi connectivity index (χ1n) is 5.14. The van der Waals surface area contributed by atoms with Gasteiger partial charge in [0.25, 0.3) is 0 Å². The van der Waals surface area contributed by atoms with Crippen LogP contribution >= 0.6 is 0 Å². The van der Waals surface area contributed by atoms with Gasteiger partial charge >= 0.3 is 11.9 Å². The first-order chi connectivity index (χ1) is 7.93. The van der Waals surface area contributed by atoms with Gasteiger partial charge < -0.3 is 15.1 Å². The molecule has 1 unspecified atom stereocenters. The van der Waals surface area contributed by atoms with Crippen molar-refractivity contribution in [3.05, 3.63) is 29.8 Å². The molecule has 0 aliphatic carbocycles. The highest BCUT2D eigenvalue weighted by Gasteiger charge is 2.25. The fourth-order valence-corrected chi connectivity index (χ4v) is 1.69. The molecule has 2 N–H and O–H groups in total. The quantitative estimate of drug-likeness (QED) is 0.809. The molecule has 0 saturated heterocycles. The summed E-state index contributed by atoms with van der Waals surface area (Å²) in [5, 5.41) is 17.8. The second-order valence-corrected chi connectivity index (χ2v) is 3.94. The van der Waals surface area contributed by atoms with Crippen LogP contribution in [-0.4, -0.2) is 36.2 Å². The van der Waals surface area contributed by atoms with Crippen LogP contribution < -0.4 is 4.90 Å². The summed E-state index contributed by atoms with van der Waals surface area (Å²) in [4.78, 5) is 23.6. The topological polar surface area (TPSA) is 77.8 Å². The van der Waals surface area contributed by atoms with Crippen molar-refractivity contribution in [2.45, 2.75) is 12.3 Å². The summed E-state index contributed by atoms with van der Waals surface area (Å²) in [6.45, 7) is 0. The maximum absolute atomic E-state index is 11.1. The number of carbonyl (C=O) groups is 2. The van der Waals surface area contributed by atoms with E-state index in [1.807, 2.05) is 0 Å². The molecule has 5 heteroatoms. The molecule has 0 aromatic heterocycles. The van der Waals surface area contributed by atoms with Gasteiger partial charge in [-0.2, -0.15) is 0 Å². The lowest BCUT2D eigenvalue weighted by Gasteiger charge is -2.20. The molecule has 5 nitrogen and oxygen atoms in total. The average Bonchev–Trinajstić information content (AvgIpc) is 2.25. The lowest BCUT2D eigenvalue weighted by atomic mass is 9.94. The Morgan fingerprint density at radius 2 is 1.82 bits per heavy atom. The summed E-state index contributed by atoms with van der Waals surface area (Å²) >= 11 is 0. The molecular formula is C12H15NO4. The monoisotopic (exact) mass is 237 g/mol. The second-order valence-electron chi connectivity index (χ2n) is 3.94. The molecule has 0 fully saturated rings. The predicted molar refractivity (Wildman–Crippen MR) is 63.4 cm³/mol. The smallest absolute Gasteiger partial charge is 0.311 e. The largest absolute Gasteiger partial charge is 0.481 e. The van der Waals surface area contributed by atoms with Crippen molar-refractivity contribution in [1.82, 2.24) is 0 Å². The van der Waals surface area contributed by atoms with Crippen LogP contribution in [-0.2, 0) is 9.59 Å². The number of aliphatic carboxylic acids is 2. The molecule has 1 atom stereocenters. The van der Waals surface area contributed by atoms with E-state index < -0.39 is 24.3 Å². The van der Waals surface area contributed by atoms with Crippen molar-refractivity contribution in [1.29, 1.82) is 0 Å². The molecule has 0 amide bonds. The van der Waals surface area contributed by atoms with Crippen molar-refractivity contribution in [3.63, 3.8) is 0 Å². The van der Waals surface area contributed by atoms with Crippen molar-refractivity contribution < 1.29 is 19.8 Å². The van der Waals surface area contributed by atoms with E-state index in [2.05, 4.69) is 0 Å². The molecule has 1 aromatic rings. The molecule has 1 rings (SSSR count). The van der Waals surface area contributed by atoms with Crippen molar-refractivity contribution in [2.75, 3.05) is 19.0 Å². The summed E-state index contributed by atoms with van der Waals surface area (Å²) in [5.74, 6) is -3.27. The van der Waals surface area contributed by atoms with Gasteiger partial charge in [0.2, 0.25) is 0 Å². The van der Waals surface area contributed by atoms with Crippen LogP contribution in [0, 0.1) is 0 Å². The van der Waals surface area contributed by atoms with Crippen molar-refractivity contribution in [2.24, 2.45) is 0 Å². The van der Waals surface area contributed by atoms with E-state index in [9.17, 15) is 9.59 Å². The minimum absolute atomic E-state index is 0.416. The zero-order valence-corrected chi connectivity index (χ0v) is 9.75. The number of hydrogen-bond donors (Lipinski definition) is 2. The Labute approximate surface area is 99.3 Å². The van der Waals surface area contributed by atoms with Crippen molar-refractivity contribution in [3.8, 4) is 0 Å². The summed E-state index contributed by atoms with van der Waals surface area (Å²) in [6.07, 6.45) is -0.416. The molecule has 0 aliphatic heterocycles. The number of nitrogens with zero attached hydrogens (tertiary/aromatic N) is 1.